The summed E-state index contributed by atoms with van der Waals surface area (Å²) in [4.78, 5) is 2.33. The molecule has 92 valence electrons. The van der Waals surface area contributed by atoms with Gasteiger partial charge in [-0.15, -0.1) is 0 Å². The smallest absolute Gasteiger partial charge is 0.186 e. The van der Waals surface area contributed by atoms with Crippen molar-refractivity contribution in [3.8, 4) is 0 Å². The quantitative estimate of drug-likeness (QED) is 0.646. The molecule has 0 saturated carbocycles. The first kappa shape index (κ1) is 10.9. The van der Waals surface area contributed by atoms with Gasteiger partial charge in [0.25, 0.3) is 0 Å². The van der Waals surface area contributed by atoms with E-state index in [0.717, 1.165) is 6.54 Å². The van der Waals surface area contributed by atoms with Gasteiger partial charge in [-0.2, -0.15) is 0 Å². The van der Waals surface area contributed by atoms with Crippen LogP contribution in [0.25, 0.3) is 0 Å². The Hall–Kier alpha value is -0.200. The summed E-state index contributed by atoms with van der Waals surface area (Å²) >= 11 is 0. The number of methoxy groups -OCH3 is 1. The molecule has 0 aromatic carbocycles. The summed E-state index contributed by atoms with van der Waals surface area (Å²) in [5, 5.41) is 0. The van der Waals surface area contributed by atoms with Crippen LogP contribution in [0.2, 0.25) is 0 Å². The Morgan fingerprint density at radius 1 is 1.25 bits per heavy atom. The zero-order chi connectivity index (χ0) is 11.3. The topological polar surface area (TPSA) is 39.9 Å². The summed E-state index contributed by atoms with van der Waals surface area (Å²) < 4.78 is 22.8. The lowest BCUT2D eigenvalue weighted by molar-refractivity contribution is -0.227. The van der Waals surface area contributed by atoms with Crippen LogP contribution in [0.5, 0.6) is 0 Å². The Bertz CT molecular complexity index is 279. The molecule has 16 heavy (non-hydrogen) atoms. The van der Waals surface area contributed by atoms with E-state index in [0.29, 0.717) is 0 Å². The second-order valence-corrected chi connectivity index (χ2v) is 5.14. The van der Waals surface area contributed by atoms with E-state index in [2.05, 4.69) is 4.90 Å². The van der Waals surface area contributed by atoms with Crippen molar-refractivity contribution in [1.82, 2.24) is 4.90 Å². The molecule has 3 fully saturated rings. The minimum absolute atomic E-state index is 0.000509. The lowest BCUT2D eigenvalue weighted by Gasteiger charge is -2.23. The SMILES string of the molecule is CO[C@H]1O[C@H](CN2CC2)[C@@H]2OC(C)(C)O[C@@H]12. The van der Waals surface area contributed by atoms with E-state index in [-0.39, 0.29) is 24.6 Å². The fourth-order valence-electron chi connectivity index (χ4n) is 2.49. The molecule has 3 rings (SSSR count). The van der Waals surface area contributed by atoms with Crippen LogP contribution >= 0.6 is 0 Å². The Morgan fingerprint density at radius 2 is 1.94 bits per heavy atom. The molecule has 3 heterocycles. The second-order valence-electron chi connectivity index (χ2n) is 5.14. The van der Waals surface area contributed by atoms with E-state index < -0.39 is 5.79 Å². The van der Waals surface area contributed by atoms with Crippen molar-refractivity contribution in [1.29, 1.82) is 0 Å². The number of rotatable bonds is 3. The average Bonchev–Trinajstić information content (AvgIpc) is 2.89. The van der Waals surface area contributed by atoms with Crippen molar-refractivity contribution in [3.63, 3.8) is 0 Å². The van der Waals surface area contributed by atoms with E-state index in [4.69, 9.17) is 18.9 Å². The fourth-order valence-corrected chi connectivity index (χ4v) is 2.49. The third-order valence-corrected chi connectivity index (χ3v) is 3.32. The molecule has 4 atom stereocenters. The van der Waals surface area contributed by atoms with E-state index >= 15 is 0 Å². The first-order valence-electron chi connectivity index (χ1n) is 5.85. The molecule has 0 spiro atoms. The minimum Gasteiger partial charge on any atom is -0.353 e. The molecule has 3 aliphatic rings. The monoisotopic (exact) mass is 229 g/mol. The van der Waals surface area contributed by atoms with E-state index in [1.807, 2.05) is 13.8 Å². The molecule has 0 aliphatic carbocycles. The third-order valence-electron chi connectivity index (χ3n) is 3.32. The van der Waals surface area contributed by atoms with Gasteiger partial charge in [-0.1, -0.05) is 0 Å². The predicted octanol–water partition coefficient (Wildman–Crippen LogP) is 0.193. The summed E-state index contributed by atoms with van der Waals surface area (Å²) in [5.74, 6) is -0.521. The van der Waals surface area contributed by atoms with Crippen molar-refractivity contribution in [2.75, 3.05) is 26.7 Å². The first-order valence-corrected chi connectivity index (χ1v) is 5.85. The van der Waals surface area contributed by atoms with Crippen molar-refractivity contribution in [2.24, 2.45) is 0 Å². The number of hydrogen-bond acceptors (Lipinski definition) is 5. The molecule has 0 aromatic heterocycles. The van der Waals surface area contributed by atoms with E-state index in [1.54, 1.807) is 7.11 Å². The normalized spacial score (nSPS) is 45.9. The maximum Gasteiger partial charge on any atom is 0.186 e. The molecule has 0 unspecified atom stereocenters. The zero-order valence-corrected chi connectivity index (χ0v) is 10.0. The maximum absolute atomic E-state index is 5.89. The van der Waals surface area contributed by atoms with Crippen LogP contribution in [-0.4, -0.2) is 62.0 Å². The van der Waals surface area contributed by atoms with Gasteiger partial charge in [-0.05, 0) is 13.8 Å². The maximum atomic E-state index is 5.89. The Kier molecular flexibility index (Phi) is 2.49. The molecule has 5 nitrogen and oxygen atoms in total. The van der Waals surface area contributed by atoms with Crippen molar-refractivity contribution < 1.29 is 18.9 Å². The van der Waals surface area contributed by atoms with Gasteiger partial charge >= 0.3 is 0 Å². The molecule has 3 aliphatic heterocycles. The molecule has 0 radical (unpaired) electrons. The van der Waals surface area contributed by atoms with Crippen LogP contribution in [0, 0.1) is 0 Å². The summed E-state index contributed by atoms with van der Waals surface area (Å²) in [6.45, 7) is 7.12. The van der Waals surface area contributed by atoms with Crippen LogP contribution < -0.4 is 0 Å². The van der Waals surface area contributed by atoms with Crippen LogP contribution in [0.15, 0.2) is 0 Å². The molecule has 5 heteroatoms. The van der Waals surface area contributed by atoms with Gasteiger partial charge in [-0.25, -0.2) is 0 Å². The highest BCUT2D eigenvalue weighted by molar-refractivity contribution is 4.97. The van der Waals surface area contributed by atoms with Gasteiger partial charge in [-0.3, -0.25) is 4.90 Å². The van der Waals surface area contributed by atoms with Crippen molar-refractivity contribution >= 4 is 0 Å². The van der Waals surface area contributed by atoms with Crippen molar-refractivity contribution in [3.05, 3.63) is 0 Å². The number of ether oxygens (including phenoxy) is 4. The molecule has 3 saturated heterocycles. The zero-order valence-electron chi connectivity index (χ0n) is 10.0. The first-order chi connectivity index (χ1) is 7.59. The van der Waals surface area contributed by atoms with Crippen LogP contribution in [0.1, 0.15) is 13.8 Å². The highest BCUT2D eigenvalue weighted by atomic mass is 16.8. The number of fused-ring (bicyclic) bond motifs is 1. The van der Waals surface area contributed by atoms with Gasteiger partial charge in [0.1, 0.15) is 18.3 Å². The third kappa shape index (κ3) is 1.87. The Morgan fingerprint density at radius 3 is 2.56 bits per heavy atom. The van der Waals surface area contributed by atoms with Crippen LogP contribution in [0.3, 0.4) is 0 Å². The minimum atomic E-state index is -0.521. The molecular weight excluding hydrogens is 210 g/mol. The van der Waals surface area contributed by atoms with Crippen LogP contribution in [0.4, 0.5) is 0 Å². The standard InChI is InChI=1S/C11H19NO4/c1-11(2)15-8-7(6-12-4-5-12)14-10(13-3)9(8)16-11/h7-10H,4-6H2,1-3H3/t7-,8+,9-,10+/m1/s1. The molecule has 0 amide bonds. The second kappa shape index (κ2) is 3.65. The lowest BCUT2D eigenvalue weighted by Crippen LogP contribution is -2.34. The Labute approximate surface area is 95.6 Å². The van der Waals surface area contributed by atoms with Gasteiger partial charge in [0, 0.05) is 26.7 Å². The number of nitrogens with zero attached hydrogens (tertiary/aromatic N) is 1. The summed E-state index contributed by atoms with van der Waals surface area (Å²) in [6.07, 6.45) is -0.318. The van der Waals surface area contributed by atoms with Gasteiger partial charge in [0.2, 0.25) is 0 Å². The number of hydrogen-bond donors (Lipinski definition) is 0. The average molecular weight is 229 g/mol. The fraction of sp³-hybridized carbons (Fsp3) is 1.00. The summed E-state index contributed by atoms with van der Waals surface area (Å²) in [7, 11) is 1.65. The molecule has 0 N–H and O–H groups in total. The predicted molar refractivity (Wildman–Crippen MR) is 55.9 cm³/mol. The van der Waals surface area contributed by atoms with Gasteiger partial charge in [0.15, 0.2) is 12.1 Å². The van der Waals surface area contributed by atoms with Crippen molar-refractivity contribution in [2.45, 2.75) is 44.2 Å². The van der Waals surface area contributed by atoms with E-state index in [9.17, 15) is 0 Å². The summed E-state index contributed by atoms with van der Waals surface area (Å²) in [5.41, 5.74) is 0. The van der Waals surface area contributed by atoms with Gasteiger partial charge < -0.3 is 18.9 Å². The highest BCUT2D eigenvalue weighted by Gasteiger charge is 2.56. The van der Waals surface area contributed by atoms with Gasteiger partial charge in [0.05, 0.1) is 0 Å². The molecule has 0 aromatic rings. The molecule has 0 bridgehead atoms. The summed E-state index contributed by atoms with van der Waals surface area (Å²) in [6, 6.07) is 0. The highest BCUT2D eigenvalue weighted by Crippen LogP contribution is 2.39. The Balaban J connectivity index is 1.72. The largest absolute Gasteiger partial charge is 0.353 e. The van der Waals surface area contributed by atoms with Crippen LogP contribution in [-0.2, 0) is 18.9 Å². The lowest BCUT2D eigenvalue weighted by atomic mass is 10.1. The van der Waals surface area contributed by atoms with E-state index in [1.165, 1.54) is 13.1 Å². The molecular formula is C11H19NO4.